The summed E-state index contributed by atoms with van der Waals surface area (Å²) in [5.41, 5.74) is 4.71. The van der Waals surface area contributed by atoms with Gasteiger partial charge in [0.05, 0.1) is 23.0 Å². The Balaban J connectivity index is 2.40. The second-order valence-electron chi connectivity index (χ2n) is 4.75. The third-order valence-corrected chi connectivity index (χ3v) is 3.19. The highest BCUT2D eigenvalue weighted by Gasteiger charge is 2.30. The molecule has 0 saturated carbocycles. The summed E-state index contributed by atoms with van der Waals surface area (Å²) in [4.78, 5) is 0. The van der Waals surface area contributed by atoms with Crippen LogP contribution in [-0.4, -0.2) is 10.2 Å². The minimum atomic E-state index is -4.35. The lowest BCUT2D eigenvalue weighted by molar-refractivity contribution is -0.137. The molecule has 0 amide bonds. The molecule has 21 heavy (non-hydrogen) atoms. The van der Waals surface area contributed by atoms with E-state index in [1.807, 2.05) is 6.07 Å². The van der Waals surface area contributed by atoms with E-state index in [4.69, 9.17) is 5.84 Å². The summed E-state index contributed by atoms with van der Waals surface area (Å²) >= 11 is 0. The number of halogens is 3. The Hall–Kier alpha value is -1.99. The van der Waals surface area contributed by atoms with E-state index >= 15 is 0 Å². The van der Waals surface area contributed by atoms with Crippen molar-refractivity contribution >= 4 is 0 Å². The second-order valence-corrected chi connectivity index (χ2v) is 4.75. The van der Waals surface area contributed by atoms with Crippen molar-refractivity contribution in [3.05, 3.63) is 58.4 Å². The van der Waals surface area contributed by atoms with Crippen LogP contribution in [0.4, 0.5) is 13.2 Å². The highest BCUT2D eigenvalue weighted by atomic mass is 19.4. The van der Waals surface area contributed by atoms with Gasteiger partial charge in [0.25, 0.3) is 0 Å². The molecule has 0 bridgehead atoms. The molecule has 0 aliphatic rings. The predicted molar refractivity (Wildman–Crippen MR) is 72.1 cm³/mol. The summed E-state index contributed by atoms with van der Waals surface area (Å²) in [6.07, 6.45) is -4.35. The molecule has 4 nitrogen and oxygen atoms in total. The van der Waals surface area contributed by atoms with Crippen molar-refractivity contribution in [2.75, 3.05) is 0 Å². The number of nitrogens with two attached hydrogens (primary N) is 1. The van der Waals surface area contributed by atoms with Crippen molar-refractivity contribution in [3.63, 3.8) is 0 Å². The highest BCUT2D eigenvalue weighted by molar-refractivity contribution is 5.36. The van der Waals surface area contributed by atoms with Gasteiger partial charge in [-0.05, 0) is 43.2 Å². The molecule has 0 fully saturated rings. The number of hydrogen-bond acceptors (Lipinski definition) is 4. The van der Waals surface area contributed by atoms with Gasteiger partial charge in [0.1, 0.15) is 0 Å². The minimum absolute atomic E-state index is 0.443. The molecule has 3 N–H and O–H groups in total. The van der Waals surface area contributed by atoms with Crippen LogP contribution in [0.1, 0.15) is 34.1 Å². The summed E-state index contributed by atoms with van der Waals surface area (Å²) in [6.45, 7) is 3.56. The number of rotatable bonds is 3. The molecule has 1 heterocycles. The van der Waals surface area contributed by atoms with Gasteiger partial charge in [0, 0.05) is 0 Å². The molecule has 1 aromatic carbocycles. The monoisotopic (exact) mass is 296 g/mol. The Kier molecular flexibility index (Phi) is 4.24. The summed E-state index contributed by atoms with van der Waals surface area (Å²) in [5, 5.41) is 7.93. The van der Waals surface area contributed by atoms with Gasteiger partial charge >= 0.3 is 6.18 Å². The number of nitrogens with zero attached hydrogens (tertiary/aromatic N) is 2. The first kappa shape index (κ1) is 15.4. The average molecular weight is 296 g/mol. The number of hydrogen-bond donors (Lipinski definition) is 2. The third kappa shape index (κ3) is 3.37. The normalized spacial score (nSPS) is 13.2. The quantitative estimate of drug-likeness (QED) is 0.675. The van der Waals surface area contributed by atoms with Gasteiger partial charge in [0.15, 0.2) is 0 Å². The van der Waals surface area contributed by atoms with Crippen molar-refractivity contribution in [1.82, 2.24) is 15.6 Å². The number of hydrazine groups is 1. The maximum atomic E-state index is 12.6. The number of nitrogens with one attached hydrogen (secondary N) is 1. The van der Waals surface area contributed by atoms with Crippen LogP contribution in [0.2, 0.25) is 0 Å². The van der Waals surface area contributed by atoms with Crippen molar-refractivity contribution < 1.29 is 13.2 Å². The van der Waals surface area contributed by atoms with Crippen molar-refractivity contribution in [2.24, 2.45) is 5.84 Å². The maximum absolute atomic E-state index is 12.6. The number of aromatic nitrogens is 2. The molecule has 2 aromatic rings. The van der Waals surface area contributed by atoms with Crippen molar-refractivity contribution in [2.45, 2.75) is 26.1 Å². The van der Waals surface area contributed by atoms with Gasteiger partial charge < -0.3 is 0 Å². The fourth-order valence-electron chi connectivity index (χ4n) is 2.09. The van der Waals surface area contributed by atoms with Crippen LogP contribution in [0.25, 0.3) is 0 Å². The molecule has 0 aliphatic carbocycles. The first-order valence-electron chi connectivity index (χ1n) is 6.27. The lowest BCUT2D eigenvalue weighted by atomic mass is 9.97. The van der Waals surface area contributed by atoms with E-state index in [9.17, 15) is 13.2 Å². The minimum Gasteiger partial charge on any atom is -0.271 e. The molecule has 1 unspecified atom stereocenters. The van der Waals surface area contributed by atoms with Crippen LogP contribution in [0.5, 0.6) is 0 Å². The lowest BCUT2D eigenvalue weighted by Gasteiger charge is -2.19. The zero-order chi connectivity index (χ0) is 15.6. The Morgan fingerprint density at radius 3 is 2.24 bits per heavy atom. The summed E-state index contributed by atoms with van der Waals surface area (Å²) in [5.74, 6) is 5.56. The molecule has 0 radical (unpaired) electrons. The van der Waals surface area contributed by atoms with Gasteiger partial charge in [-0.1, -0.05) is 12.1 Å². The van der Waals surface area contributed by atoms with Gasteiger partial charge in [0.2, 0.25) is 0 Å². The van der Waals surface area contributed by atoms with Crippen molar-refractivity contribution in [3.8, 4) is 0 Å². The fraction of sp³-hybridized carbons (Fsp3) is 0.286. The summed E-state index contributed by atoms with van der Waals surface area (Å²) in [6, 6.07) is 6.25. The molecule has 1 atom stereocenters. The number of benzene rings is 1. The fourth-order valence-corrected chi connectivity index (χ4v) is 2.09. The highest BCUT2D eigenvalue weighted by Crippen LogP contribution is 2.31. The van der Waals surface area contributed by atoms with Crippen LogP contribution in [-0.2, 0) is 6.18 Å². The predicted octanol–water partition coefficient (Wildman–Crippen LogP) is 2.66. The van der Waals surface area contributed by atoms with Crippen LogP contribution in [0.3, 0.4) is 0 Å². The van der Waals surface area contributed by atoms with E-state index in [0.29, 0.717) is 17.0 Å². The maximum Gasteiger partial charge on any atom is 0.416 e. The molecule has 112 valence electrons. The lowest BCUT2D eigenvalue weighted by Crippen LogP contribution is -2.29. The standard InChI is InChI=1S/C14H15F3N4/c1-8-7-12(9(2)21-20-8)13(19-18)10-3-5-11(6-4-10)14(15,16)17/h3-7,13,19H,18H2,1-2H3. The SMILES string of the molecule is Cc1cc(C(NN)c2ccc(C(F)(F)F)cc2)c(C)nn1. The van der Waals surface area contributed by atoms with E-state index in [0.717, 1.165) is 17.7 Å². The Bertz CT molecular complexity index is 623. The first-order valence-corrected chi connectivity index (χ1v) is 6.27. The van der Waals surface area contributed by atoms with Crippen molar-refractivity contribution in [1.29, 1.82) is 0 Å². The van der Waals surface area contributed by atoms with E-state index in [1.54, 1.807) is 13.8 Å². The molecule has 0 aliphatic heterocycles. The van der Waals surface area contributed by atoms with E-state index in [-0.39, 0.29) is 0 Å². The third-order valence-electron chi connectivity index (χ3n) is 3.19. The zero-order valence-corrected chi connectivity index (χ0v) is 11.6. The summed E-state index contributed by atoms with van der Waals surface area (Å²) < 4.78 is 37.8. The Morgan fingerprint density at radius 2 is 1.71 bits per heavy atom. The molecule has 0 saturated heterocycles. The Morgan fingerprint density at radius 1 is 1.10 bits per heavy atom. The number of alkyl halides is 3. The molecule has 0 spiro atoms. The average Bonchev–Trinajstić information content (AvgIpc) is 2.43. The van der Waals surface area contributed by atoms with Crippen LogP contribution in [0, 0.1) is 13.8 Å². The first-order chi connectivity index (χ1) is 9.82. The van der Waals surface area contributed by atoms with Crippen LogP contribution < -0.4 is 11.3 Å². The molecule has 2 rings (SSSR count). The van der Waals surface area contributed by atoms with Gasteiger partial charge in [-0.15, -0.1) is 0 Å². The Labute approximate surface area is 120 Å². The van der Waals surface area contributed by atoms with Gasteiger partial charge in [-0.25, -0.2) is 5.43 Å². The topological polar surface area (TPSA) is 63.8 Å². The van der Waals surface area contributed by atoms with E-state index in [1.165, 1.54) is 12.1 Å². The smallest absolute Gasteiger partial charge is 0.271 e. The zero-order valence-electron chi connectivity index (χ0n) is 11.6. The molecule has 7 heteroatoms. The largest absolute Gasteiger partial charge is 0.416 e. The van der Waals surface area contributed by atoms with Crippen LogP contribution >= 0.6 is 0 Å². The molecule has 1 aromatic heterocycles. The van der Waals surface area contributed by atoms with Gasteiger partial charge in [-0.2, -0.15) is 23.4 Å². The van der Waals surface area contributed by atoms with Crippen LogP contribution in [0.15, 0.2) is 30.3 Å². The van der Waals surface area contributed by atoms with E-state index < -0.39 is 17.8 Å². The van der Waals surface area contributed by atoms with E-state index in [2.05, 4.69) is 15.6 Å². The van der Waals surface area contributed by atoms with Gasteiger partial charge in [-0.3, -0.25) is 5.84 Å². The molecular weight excluding hydrogens is 281 g/mol. The molecular formula is C14H15F3N4. The summed E-state index contributed by atoms with van der Waals surface area (Å²) in [7, 11) is 0. The second kappa shape index (κ2) is 5.79. The number of aryl methyl sites for hydroxylation is 2.